The third-order valence-corrected chi connectivity index (χ3v) is 5.50. The SMILES string of the molecule is CCC(NC1CC(C)CC(C)(C)C1)C1CCCCC1. The summed E-state index contributed by atoms with van der Waals surface area (Å²) >= 11 is 0. The van der Waals surface area contributed by atoms with Crippen LogP contribution in [0.5, 0.6) is 0 Å². The van der Waals surface area contributed by atoms with Gasteiger partial charge in [0, 0.05) is 12.1 Å². The van der Waals surface area contributed by atoms with Crippen molar-refractivity contribution in [1.82, 2.24) is 5.32 Å². The first-order valence-corrected chi connectivity index (χ1v) is 8.76. The Morgan fingerprint density at radius 1 is 1.11 bits per heavy atom. The average molecular weight is 265 g/mol. The molecule has 1 nitrogen and oxygen atoms in total. The Bertz CT molecular complexity index is 265. The van der Waals surface area contributed by atoms with Crippen LogP contribution >= 0.6 is 0 Å². The normalized spacial score (nSPS) is 34.1. The molecule has 0 heterocycles. The Morgan fingerprint density at radius 2 is 1.79 bits per heavy atom. The minimum atomic E-state index is 0.542. The summed E-state index contributed by atoms with van der Waals surface area (Å²) in [5.74, 6) is 1.85. The summed E-state index contributed by atoms with van der Waals surface area (Å²) in [6, 6.07) is 1.55. The molecule has 112 valence electrons. The average Bonchev–Trinajstić information content (AvgIpc) is 2.34. The topological polar surface area (TPSA) is 12.0 Å². The van der Waals surface area contributed by atoms with E-state index in [1.807, 2.05) is 0 Å². The van der Waals surface area contributed by atoms with Gasteiger partial charge in [0.2, 0.25) is 0 Å². The zero-order valence-electron chi connectivity index (χ0n) is 13.7. The Hall–Kier alpha value is -0.0400. The lowest BCUT2D eigenvalue weighted by molar-refractivity contribution is 0.129. The van der Waals surface area contributed by atoms with Crippen molar-refractivity contribution in [2.75, 3.05) is 0 Å². The maximum absolute atomic E-state index is 4.06. The molecule has 0 aromatic heterocycles. The molecule has 2 aliphatic rings. The Kier molecular flexibility index (Phi) is 5.34. The zero-order chi connectivity index (χ0) is 13.9. The molecule has 0 aromatic carbocycles. The van der Waals surface area contributed by atoms with Gasteiger partial charge in [0.15, 0.2) is 0 Å². The minimum Gasteiger partial charge on any atom is -0.311 e. The molecule has 1 N–H and O–H groups in total. The fraction of sp³-hybridized carbons (Fsp3) is 1.00. The molecule has 3 unspecified atom stereocenters. The molecule has 0 bridgehead atoms. The van der Waals surface area contributed by atoms with Gasteiger partial charge < -0.3 is 5.32 Å². The van der Waals surface area contributed by atoms with Gasteiger partial charge >= 0.3 is 0 Å². The molecular weight excluding hydrogens is 230 g/mol. The Balaban J connectivity index is 1.90. The van der Waals surface area contributed by atoms with Crippen molar-refractivity contribution < 1.29 is 0 Å². The maximum atomic E-state index is 4.06. The minimum absolute atomic E-state index is 0.542. The number of nitrogens with one attached hydrogen (secondary N) is 1. The fourth-order valence-electron chi connectivity index (χ4n) is 4.90. The molecule has 19 heavy (non-hydrogen) atoms. The van der Waals surface area contributed by atoms with Crippen LogP contribution in [0, 0.1) is 17.3 Å². The number of hydrogen-bond donors (Lipinski definition) is 1. The highest BCUT2D eigenvalue weighted by Gasteiger charge is 2.34. The second-order valence-corrected chi connectivity index (χ2v) is 8.19. The zero-order valence-corrected chi connectivity index (χ0v) is 13.7. The summed E-state index contributed by atoms with van der Waals surface area (Å²) in [7, 11) is 0. The van der Waals surface area contributed by atoms with E-state index in [1.54, 1.807) is 0 Å². The number of rotatable bonds is 4. The second-order valence-electron chi connectivity index (χ2n) is 8.19. The van der Waals surface area contributed by atoms with Gasteiger partial charge in [0.1, 0.15) is 0 Å². The third kappa shape index (κ3) is 4.48. The van der Waals surface area contributed by atoms with Crippen LogP contribution < -0.4 is 5.32 Å². The molecule has 0 amide bonds. The molecule has 0 saturated heterocycles. The van der Waals surface area contributed by atoms with Gasteiger partial charge in [-0.15, -0.1) is 0 Å². The highest BCUT2D eigenvalue weighted by molar-refractivity contribution is 4.89. The van der Waals surface area contributed by atoms with E-state index in [1.165, 1.54) is 57.8 Å². The predicted octanol–water partition coefficient (Wildman–Crippen LogP) is 5.15. The first-order chi connectivity index (χ1) is 9.00. The van der Waals surface area contributed by atoms with Crippen LogP contribution in [0.25, 0.3) is 0 Å². The highest BCUT2D eigenvalue weighted by Crippen LogP contribution is 2.39. The van der Waals surface area contributed by atoms with Gasteiger partial charge in [-0.05, 0) is 55.8 Å². The molecule has 2 saturated carbocycles. The van der Waals surface area contributed by atoms with Gasteiger partial charge in [-0.3, -0.25) is 0 Å². The number of hydrogen-bond acceptors (Lipinski definition) is 1. The standard InChI is InChI=1S/C18H35N/c1-5-17(15-9-7-6-8-10-15)19-16-11-14(2)12-18(3,4)13-16/h14-17,19H,5-13H2,1-4H3. The van der Waals surface area contributed by atoms with Gasteiger partial charge in [0.05, 0.1) is 0 Å². The lowest BCUT2D eigenvalue weighted by atomic mass is 9.70. The molecule has 0 radical (unpaired) electrons. The maximum Gasteiger partial charge on any atom is 0.00952 e. The first-order valence-electron chi connectivity index (χ1n) is 8.76. The summed E-state index contributed by atoms with van der Waals surface area (Å²) in [4.78, 5) is 0. The van der Waals surface area contributed by atoms with Crippen LogP contribution in [-0.4, -0.2) is 12.1 Å². The van der Waals surface area contributed by atoms with E-state index in [0.29, 0.717) is 5.41 Å². The van der Waals surface area contributed by atoms with Crippen molar-refractivity contribution in [3.8, 4) is 0 Å². The fourth-order valence-corrected chi connectivity index (χ4v) is 4.90. The van der Waals surface area contributed by atoms with Crippen molar-refractivity contribution in [3.05, 3.63) is 0 Å². The monoisotopic (exact) mass is 265 g/mol. The molecule has 1 heteroatoms. The van der Waals surface area contributed by atoms with Crippen LogP contribution in [-0.2, 0) is 0 Å². The van der Waals surface area contributed by atoms with Crippen molar-refractivity contribution in [1.29, 1.82) is 0 Å². The molecule has 2 fully saturated rings. The van der Waals surface area contributed by atoms with Crippen molar-refractivity contribution >= 4 is 0 Å². The highest BCUT2D eigenvalue weighted by atomic mass is 15.0. The largest absolute Gasteiger partial charge is 0.311 e. The van der Waals surface area contributed by atoms with Crippen molar-refractivity contribution in [3.63, 3.8) is 0 Å². The van der Waals surface area contributed by atoms with Gasteiger partial charge in [-0.1, -0.05) is 47.0 Å². The summed E-state index contributed by atoms with van der Waals surface area (Å²) in [5, 5.41) is 4.06. The van der Waals surface area contributed by atoms with Crippen LogP contribution in [0.2, 0.25) is 0 Å². The molecule has 0 aliphatic heterocycles. The quantitative estimate of drug-likeness (QED) is 0.741. The molecular formula is C18H35N. The molecule has 0 aromatic rings. The van der Waals surface area contributed by atoms with Gasteiger partial charge in [-0.25, -0.2) is 0 Å². The summed E-state index contributed by atoms with van der Waals surface area (Å²) < 4.78 is 0. The Morgan fingerprint density at radius 3 is 2.37 bits per heavy atom. The van der Waals surface area contributed by atoms with Gasteiger partial charge in [-0.2, -0.15) is 0 Å². The van der Waals surface area contributed by atoms with E-state index >= 15 is 0 Å². The second kappa shape index (κ2) is 6.61. The summed E-state index contributed by atoms with van der Waals surface area (Å²) in [6.45, 7) is 9.73. The summed E-state index contributed by atoms with van der Waals surface area (Å²) in [6.07, 6.45) is 12.8. The van der Waals surface area contributed by atoms with Crippen molar-refractivity contribution in [2.24, 2.45) is 17.3 Å². The van der Waals surface area contributed by atoms with E-state index in [-0.39, 0.29) is 0 Å². The van der Waals surface area contributed by atoms with Crippen LogP contribution in [0.4, 0.5) is 0 Å². The first kappa shape index (κ1) is 15.4. The van der Waals surface area contributed by atoms with E-state index in [2.05, 4.69) is 33.0 Å². The lowest BCUT2D eigenvalue weighted by Gasteiger charge is -2.42. The van der Waals surface area contributed by atoms with Crippen LogP contribution in [0.1, 0.15) is 85.5 Å². The van der Waals surface area contributed by atoms with E-state index in [9.17, 15) is 0 Å². The summed E-state index contributed by atoms with van der Waals surface area (Å²) in [5.41, 5.74) is 0.542. The lowest BCUT2D eigenvalue weighted by Crippen LogP contribution is -2.47. The smallest absolute Gasteiger partial charge is 0.00952 e. The van der Waals surface area contributed by atoms with Crippen LogP contribution in [0.3, 0.4) is 0 Å². The Labute approximate surface area is 120 Å². The predicted molar refractivity (Wildman–Crippen MR) is 84.4 cm³/mol. The molecule has 3 atom stereocenters. The van der Waals surface area contributed by atoms with E-state index in [4.69, 9.17) is 0 Å². The van der Waals surface area contributed by atoms with Gasteiger partial charge in [0.25, 0.3) is 0 Å². The van der Waals surface area contributed by atoms with Crippen LogP contribution in [0.15, 0.2) is 0 Å². The van der Waals surface area contributed by atoms with E-state index in [0.717, 1.165) is 23.9 Å². The molecule has 0 spiro atoms. The van der Waals surface area contributed by atoms with Crippen molar-refractivity contribution in [2.45, 2.75) is 97.6 Å². The molecule has 2 rings (SSSR count). The third-order valence-electron chi connectivity index (χ3n) is 5.50. The molecule has 2 aliphatic carbocycles. The van der Waals surface area contributed by atoms with E-state index < -0.39 is 0 Å².